The smallest absolute Gasteiger partial charge is 0.387 e. The van der Waals surface area contributed by atoms with Gasteiger partial charge in [-0.2, -0.15) is 8.78 Å². The molecule has 8 nitrogen and oxygen atoms in total. The standard InChI is InChI=1S/C20H17F2N3O5/c1-29-14-5-2-11-9-25(16(26)15(11)8-14)10-20(17(27)23-19(28)24-20)12-3-6-13(7-4-12)30-18(21)22/h2-8,18H,9-10H2,1H3,(H2,23,24,27,28)/t20-/m0/s1. The predicted molar refractivity (Wildman–Crippen MR) is 99.2 cm³/mol. The molecule has 2 aliphatic rings. The van der Waals surface area contributed by atoms with E-state index in [0.717, 1.165) is 5.56 Å². The number of hydrogen-bond donors (Lipinski definition) is 2. The second-order valence-electron chi connectivity index (χ2n) is 6.90. The van der Waals surface area contributed by atoms with E-state index < -0.39 is 24.1 Å². The first kappa shape index (κ1) is 19.6. The number of methoxy groups -OCH3 is 1. The molecule has 0 saturated carbocycles. The van der Waals surface area contributed by atoms with Gasteiger partial charge in [0.15, 0.2) is 5.54 Å². The first-order chi connectivity index (χ1) is 14.3. The molecule has 0 radical (unpaired) electrons. The minimum Gasteiger partial charge on any atom is -0.497 e. The topological polar surface area (TPSA) is 97.0 Å². The molecule has 0 unspecified atom stereocenters. The van der Waals surface area contributed by atoms with E-state index in [-0.39, 0.29) is 24.7 Å². The van der Waals surface area contributed by atoms with Crippen LogP contribution >= 0.6 is 0 Å². The van der Waals surface area contributed by atoms with E-state index in [1.165, 1.54) is 36.3 Å². The number of halogens is 2. The molecule has 1 fully saturated rings. The summed E-state index contributed by atoms with van der Waals surface area (Å²) >= 11 is 0. The number of ether oxygens (including phenoxy) is 2. The van der Waals surface area contributed by atoms with Crippen molar-refractivity contribution in [2.24, 2.45) is 0 Å². The number of benzene rings is 2. The fourth-order valence-electron chi connectivity index (χ4n) is 3.70. The van der Waals surface area contributed by atoms with Crippen LogP contribution in [0.15, 0.2) is 42.5 Å². The maximum absolute atomic E-state index is 12.9. The number of urea groups is 1. The number of imide groups is 1. The quantitative estimate of drug-likeness (QED) is 0.701. The highest BCUT2D eigenvalue weighted by molar-refractivity contribution is 6.08. The Kier molecular flexibility index (Phi) is 4.76. The first-order valence-electron chi connectivity index (χ1n) is 8.97. The van der Waals surface area contributed by atoms with E-state index >= 15 is 0 Å². The second kappa shape index (κ2) is 7.29. The van der Waals surface area contributed by atoms with Gasteiger partial charge in [0.25, 0.3) is 11.8 Å². The molecule has 10 heteroatoms. The molecule has 2 N–H and O–H groups in total. The van der Waals surface area contributed by atoms with E-state index in [9.17, 15) is 23.2 Å². The van der Waals surface area contributed by atoms with E-state index in [0.29, 0.717) is 16.9 Å². The fourth-order valence-corrected chi connectivity index (χ4v) is 3.70. The van der Waals surface area contributed by atoms with Crippen LogP contribution in [-0.2, 0) is 16.9 Å². The van der Waals surface area contributed by atoms with Gasteiger partial charge in [0.2, 0.25) is 0 Å². The van der Waals surface area contributed by atoms with E-state index in [2.05, 4.69) is 15.4 Å². The van der Waals surface area contributed by atoms with E-state index in [4.69, 9.17) is 4.74 Å². The molecule has 0 aliphatic carbocycles. The number of amides is 4. The van der Waals surface area contributed by atoms with Crippen molar-refractivity contribution < 1.29 is 32.6 Å². The molecule has 2 aromatic carbocycles. The Bertz CT molecular complexity index is 1030. The van der Waals surface area contributed by atoms with Crippen LogP contribution in [0.2, 0.25) is 0 Å². The minimum atomic E-state index is -2.99. The number of carbonyl (C=O) groups is 3. The first-order valence-corrected chi connectivity index (χ1v) is 8.97. The van der Waals surface area contributed by atoms with Gasteiger partial charge in [-0.15, -0.1) is 0 Å². The maximum atomic E-state index is 12.9. The van der Waals surface area contributed by atoms with Gasteiger partial charge in [-0.1, -0.05) is 18.2 Å². The van der Waals surface area contributed by atoms with Gasteiger partial charge >= 0.3 is 12.6 Å². The molecule has 0 bridgehead atoms. The molecule has 30 heavy (non-hydrogen) atoms. The van der Waals surface area contributed by atoms with Crippen LogP contribution in [0.4, 0.5) is 13.6 Å². The average Bonchev–Trinajstić information content (AvgIpc) is 3.17. The van der Waals surface area contributed by atoms with Crippen molar-refractivity contribution in [1.82, 2.24) is 15.5 Å². The normalized spacial score (nSPS) is 20.3. The van der Waals surface area contributed by atoms with Crippen molar-refractivity contribution in [3.8, 4) is 11.5 Å². The summed E-state index contributed by atoms with van der Waals surface area (Å²) in [5.41, 5.74) is -0.0209. The van der Waals surface area contributed by atoms with Crippen molar-refractivity contribution in [1.29, 1.82) is 0 Å². The number of rotatable bonds is 6. The molecule has 0 spiro atoms. The lowest BCUT2D eigenvalue weighted by Gasteiger charge is -2.31. The third-order valence-electron chi connectivity index (χ3n) is 5.14. The molecule has 1 atom stereocenters. The van der Waals surface area contributed by atoms with Crippen LogP contribution in [0.5, 0.6) is 11.5 Å². The molecule has 2 heterocycles. The molecule has 4 amide bonds. The van der Waals surface area contributed by atoms with Gasteiger partial charge in [-0.3, -0.25) is 14.9 Å². The van der Waals surface area contributed by atoms with Gasteiger partial charge in [-0.25, -0.2) is 4.79 Å². The van der Waals surface area contributed by atoms with Crippen LogP contribution in [0.25, 0.3) is 0 Å². The number of nitrogens with zero attached hydrogens (tertiary/aromatic N) is 1. The highest BCUT2D eigenvalue weighted by atomic mass is 19.3. The summed E-state index contributed by atoms with van der Waals surface area (Å²) in [5.74, 6) is -0.517. The Morgan fingerprint density at radius 1 is 1.10 bits per heavy atom. The summed E-state index contributed by atoms with van der Waals surface area (Å²) in [4.78, 5) is 39.0. The number of fused-ring (bicyclic) bond motifs is 1. The molecule has 2 aromatic rings. The number of alkyl halides is 2. The molecule has 156 valence electrons. The van der Waals surface area contributed by atoms with Crippen molar-refractivity contribution in [2.75, 3.05) is 13.7 Å². The van der Waals surface area contributed by atoms with Gasteiger partial charge in [0.05, 0.1) is 13.7 Å². The highest BCUT2D eigenvalue weighted by Crippen LogP contribution is 2.33. The van der Waals surface area contributed by atoms with Crippen LogP contribution in [0.3, 0.4) is 0 Å². The number of hydrogen-bond acceptors (Lipinski definition) is 5. The molecular weight excluding hydrogens is 400 g/mol. The zero-order valence-corrected chi connectivity index (χ0v) is 15.8. The SMILES string of the molecule is COc1ccc2c(c1)C(=O)N(C[C@@]1(c3ccc(OC(F)F)cc3)NC(=O)NC1=O)C2. The van der Waals surface area contributed by atoms with Gasteiger partial charge in [-0.05, 0) is 35.4 Å². The Morgan fingerprint density at radius 2 is 1.80 bits per heavy atom. The number of carbonyl (C=O) groups excluding carboxylic acids is 3. The van der Waals surface area contributed by atoms with Crippen molar-refractivity contribution in [3.63, 3.8) is 0 Å². The zero-order valence-electron chi connectivity index (χ0n) is 15.8. The molecule has 1 saturated heterocycles. The van der Waals surface area contributed by atoms with E-state index in [1.807, 2.05) is 0 Å². The monoisotopic (exact) mass is 417 g/mol. The van der Waals surface area contributed by atoms with Crippen molar-refractivity contribution in [2.45, 2.75) is 18.7 Å². The lowest BCUT2D eigenvalue weighted by molar-refractivity contribution is -0.124. The Morgan fingerprint density at radius 3 is 2.40 bits per heavy atom. The van der Waals surface area contributed by atoms with Crippen LogP contribution < -0.4 is 20.1 Å². The molecule has 4 rings (SSSR count). The number of nitrogens with one attached hydrogen (secondary N) is 2. The fraction of sp³-hybridized carbons (Fsp3) is 0.250. The summed E-state index contributed by atoms with van der Waals surface area (Å²) < 4.78 is 34.3. The van der Waals surface area contributed by atoms with Crippen LogP contribution in [0, 0.1) is 0 Å². The third kappa shape index (κ3) is 3.30. The van der Waals surface area contributed by atoms with Crippen molar-refractivity contribution >= 4 is 17.8 Å². The largest absolute Gasteiger partial charge is 0.497 e. The van der Waals surface area contributed by atoms with Crippen LogP contribution in [-0.4, -0.2) is 43.0 Å². The lowest BCUT2D eigenvalue weighted by Crippen LogP contribution is -2.52. The lowest BCUT2D eigenvalue weighted by atomic mass is 9.89. The van der Waals surface area contributed by atoms with Gasteiger partial charge < -0.3 is 19.7 Å². The van der Waals surface area contributed by atoms with Crippen LogP contribution in [0.1, 0.15) is 21.5 Å². The zero-order chi connectivity index (χ0) is 21.5. The van der Waals surface area contributed by atoms with E-state index in [1.54, 1.807) is 18.2 Å². The second-order valence-corrected chi connectivity index (χ2v) is 6.90. The Balaban J connectivity index is 1.65. The Labute approximate surface area is 169 Å². The van der Waals surface area contributed by atoms with Gasteiger partial charge in [0, 0.05) is 12.1 Å². The summed E-state index contributed by atoms with van der Waals surface area (Å²) in [6.07, 6.45) is 0. The molecule has 2 aliphatic heterocycles. The third-order valence-corrected chi connectivity index (χ3v) is 5.14. The van der Waals surface area contributed by atoms with Crippen molar-refractivity contribution in [3.05, 3.63) is 59.2 Å². The summed E-state index contributed by atoms with van der Waals surface area (Å²) in [5, 5.41) is 4.77. The average molecular weight is 417 g/mol. The summed E-state index contributed by atoms with van der Waals surface area (Å²) in [6, 6.07) is 9.75. The van der Waals surface area contributed by atoms with Gasteiger partial charge in [0.1, 0.15) is 11.5 Å². The summed E-state index contributed by atoms with van der Waals surface area (Å²) in [6.45, 7) is -2.89. The molecular formula is C20H17F2N3O5. The molecule has 0 aromatic heterocycles. The maximum Gasteiger partial charge on any atom is 0.387 e. The minimum absolute atomic E-state index is 0.0922. The Hall–Kier alpha value is -3.69. The predicted octanol–water partition coefficient (Wildman–Crippen LogP) is 1.99. The summed E-state index contributed by atoms with van der Waals surface area (Å²) in [7, 11) is 1.49. The highest BCUT2D eigenvalue weighted by Gasteiger charge is 2.50.